The van der Waals surface area contributed by atoms with Crippen molar-refractivity contribution in [2.24, 2.45) is 0 Å². The van der Waals surface area contributed by atoms with Gasteiger partial charge in [0.05, 0.1) is 34.7 Å². The zero-order valence-corrected chi connectivity index (χ0v) is 16.0. The van der Waals surface area contributed by atoms with Crippen molar-refractivity contribution in [2.75, 3.05) is 16.8 Å². The molecule has 1 aliphatic rings. The summed E-state index contributed by atoms with van der Waals surface area (Å²) in [7, 11) is -3.02. The molecule has 1 atom stereocenters. The highest BCUT2D eigenvalue weighted by Gasteiger charge is 2.31. The van der Waals surface area contributed by atoms with Gasteiger partial charge in [-0.1, -0.05) is 11.6 Å². The third-order valence-electron chi connectivity index (χ3n) is 4.57. The van der Waals surface area contributed by atoms with Crippen molar-refractivity contribution in [1.82, 2.24) is 9.78 Å². The lowest BCUT2D eigenvalue weighted by Gasteiger charge is -2.11. The minimum Gasteiger partial charge on any atom is -0.326 e. The van der Waals surface area contributed by atoms with E-state index in [4.69, 9.17) is 11.6 Å². The van der Waals surface area contributed by atoms with Gasteiger partial charge in [0.2, 0.25) is 5.91 Å². The summed E-state index contributed by atoms with van der Waals surface area (Å²) in [6.45, 7) is 3.63. The maximum Gasteiger partial charge on any atom is 0.228 e. The molecule has 2 aromatic rings. The largest absolute Gasteiger partial charge is 0.326 e. The summed E-state index contributed by atoms with van der Waals surface area (Å²) in [6, 6.07) is 3.78. The lowest BCUT2D eigenvalue weighted by Crippen LogP contribution is -2.16. The molecule has 1 amide bonds. The van der Waals surface area contributed by atoms with Gasteiger partial charge in [0.25, 0.3) is 0 Å². The minimum atomic E-state index is -3.02. The Morgan fingerprint density at radius 1 is 1.42 bits per heavy atom. The summed E-state index contributed by atoms with van der Waals surface area (Å²) in [6.07, 6.45) is 0.621. The first-order valence-electron chi connectivity index (χ1n) is 8.16. The van der Waals surface area contributed by atoms with E-state index in [1.54, 1.807) is 11.6 Å². The van der Waals surface area contributed by atoms with E-state index in [-0.39, 0.29) is 34.9 Å². The molecule has 0 spiro atoms. The molecule has 1 aromatic heterocycles. The Bertz CT molecular complexity index is 972. The maximum atomic E-state index is 13.2. The second-order valence-corrected chi connectivity index (χ2v) is 9.14. The summed E-state index contributed by atoms with van der Waals surface area (Å²) in [5.41, 5.74) is 2.65. The Balaban J connectivity index is 1.75. The fourth-order valence-electron chi connectivity index (χ4n) is 3.22. The Morgan fingerprint density at radius 2 is 2.15 bits per heavy atom. The van der Waals surface area contributed by atoms with E-state index >= 15 is 0 Å². The number of nitrogens with one attached hydrogen (secondary N) is 1. The van der Waals surface area contributed by atoms with Crippen LogP contribution in [0.1, 0.15) is 29.4 Å². The van der Waals surface area contributed by atoms with Crippen LogP contribution in [0.15, 0.2) is 18.2 Å². The number of anilines is 1. The molecule has 0 bridgehead atoms. The fourth-order valence-corrected chi connectivity index (χ4v) is 5.09. The van der Waals surface area contributed by atoms with Gasteiger partial charge in [-0.15, -0.1) is 0 Å². The van der Waals surface area contributed by atoms with Crippen molar-refractivity contribution in [3.63, 3.8) is 0 Å². The predicted octanol–water partition coefficient (Wildman–Crippen LogP) is 2.83. The number of carbonyl (C=O) groups excluding carboxylic acids is 1. The predicted molar refractivity (Wildman–Crippen MR) is 97.8 cm³/mol. The first-order valence-corrected chi connectivity index (χ1v) is 10.4. The number of aryl methyl sites for hydroxylation is 1. The number of aromatic nitrogens is 2. The molecule has 0 unspecified atom stereocenters. The van der Waals surface area contributed by atoms with Crippen LogP contribution in [-0.4, -0.2) is 35.6 Å². The standard InChI is InChI=1S/C17H19ClFN3O3S/c1-10-14(8-17(23)20-12-3-4-16(19)15(18)7-12)11(2)22(21-10)13-5-6-26(24,25)9-13/h3-4,7,13H,5-6,8-9H2,1-2H3,(H,20,23)/t13-/m1/s1. The Hall–Kier alpha value is -1.93. The average Bonchev–Trinajstić information content (AvgIpc) is 3.04. The highest BCUT2D eigenvalue weighted by molar-refractivity contribution is 7.91. The number of rotatable bonds is 4. The van der Waals surface area contributed by atoms with Gasteiger partial charge in [0.15, 0.2) is 9.84 Å². The number of benzene rings is 1. The van der Waals surface area contributed by atoms with Gasteiger partial charge >= 0.3 is 0 Å². The zero-order valence-electron chi connectivity index (χ0n) is 14.4. The van der Waals surface area contributed by atoms with Crippen LogP contribution in [0.4, 0.5) is 10.1 Å². The maximum absolute atomic E-state index is 13.2. The van der Waals surface area contributed by atoms with Crippen LogP contribution in [0.5, 0.6) is 0 Å². The number of amides is 1. The highest BCUT2D eigenvalue weighted by atomic mass is 35.5. The summed E-state index contributed by atoms with van der Waals surface area (Å²) in [5.74, 6) is -0.590. The van der Waals surface area contributed by atoms with Gasteiger partial charge in [-0.05, 0) is 38.5 Å². The van der Waals surface area contributed by atoms with E-state index < -0.39 is 15.7 Å². The smallest absolute Gasteiger partial charge is 0.228 e. The molecule has 6 nitrogen and oxygen atoms in total. The van der Waals surface area contributed by atoms with Gasteiger partial charge < -0.3 is 5.32 Å². The van der Waals surface area contributed by atoms with Crippen molar-refractivity contribution < 1.29 is 17.6 Å². The van der Waals surface area contributed by atoms with E-state index in [1.165, 1.54) is 18.2 Å². The fraction of sp³-hybridized carbons (Fsp3) is 0.412. The molecule has 140 valence electrons. The lowest BCUT2D eigenvalue weighted by atomic mass is 10.1. The molecule has 1 aromatic carbocycles. The third kappa shape index (κ3) is 3.91. The number of carbonyl (C=O) groups is 1. The topological polar surface area (TPSA) is 81.1 Å². The first-order chi connectivity index (χ1) is 12.2. The van der Waals surface area contributed by atoms with Gasteiger partial charge in [-0.2, -0.15) is 5.10 Å². The molecule has 1 N–H and O–H groups in total. The third-order valence-corrected chi connectivity index (χ3v) is 6.61. The molecule has 2 heterocycles. The van der Waals surface area contributed by atoms with E-state index in [2.05, 4.69) is 10.4 Å². The van der Waals surface area contributed by atoms with Crippen LogP contribution in [0.2, 0.25) is 5.02 Å². The number of hydrogen-bond donors (Lipinski definition) is 1. The first kappa shape index (κ1) is 18.8. The quantitative estimate of drug-likeness (QED) is 0.857. The summed E-state index contributed by atoms with van der Waals surface area (Å²) < 4.78 is 38.3. The molecule has 9 heteroatoms. The van der Waals surface area contributed by atoms with Crippen molar-refractivity contribution in [3.05, 3.63) is 46.0 Å². The molecule has 26 heavy (non-hydrogen) atoms. The van der Waals surface area contributed by atoms with E-state index in [0.29, 0.717) is 17.8 Å². The van der Waals surface area contributed by atoms with Crippen LogP contribution in [0, 0.1) is 19.7 Å². The Kier molecular flexibility index (Phi) is 5.07. The van der Waals surface area contributed by atoms with Gasteiger partial charge in [0.1, 0.15) is 5.82 Å². The van der Waals surface area contributed by atoms with Crippen molar-refractivity contribution in [2.45, 2.75) is 32.7 Å². The normalized spacial score (nSPS) is 18.8. The molecule has 0 saturated carbocycles. The zero-order chi connectivity index (χ0) is 19.1. The van der Waals surface area contributed by atoms with Crippen LogP contribution < -0.4 is 5.32 Å². The summed E-state index contributed by atoms with van der Waals surface area (Å²) in [4.78, 5) is 12.3. The second-order valence-electron chi connectivity index (χ2n) is 6.50. The van der Waals surface area contributed by atoms with Gasteiger partial charge in [-0.25, -0.2) is 12.8 Å². The SMILES string of the molecule is Cc1nn([C@@H]2CCS(=O)(=O)C2)c(C)c1CC(=O)Nc1ccc(F)c(Cl)c1. The molecular weight excluding hydrogens is 381 g/mol. The molecule has 0 radical (unpaired) electrons. The molecule has 0 aliphatic carbocycles. The number of hydrogen-bond acceptors (Lipinski definition) is 4. The van der Waals surface area contributed by atoms with E-state index in [9.17, 15) is 17.6 Å². The molecule has 1 saturated heterocycles. The molecule has 3 rings (SSSR count). The molecule has 1 fully saturated rings. The number of halogens is 2. The average molecular weight is 400 g/mol. The Labute approximate surface area is 156 Å². The molecule has 1 aliphatic heterocycles. The van der Waals surface area contributed by atoms with Crippen LogP contribution in [-0.2, 0) is 21.1 Å². The van der Waals surface area contributed by atoms with Crippen LogP contribution >= 0.6 is 11.6 Å². The van der Waals surface area contributed by atoms with E-state index in [0.717, 1.165) is 11.3 Å². The summed E-state index contributed by atoms with van der Waals surface area (Å²) in [5, 5.41) is 7.06. The number of nitrogens with zero attached hydrogens (tertiary/aromatic N) is 2. The molecular formula is C17H19ClFN3O3S. The van der Waals surface area contributed by atoms with Crippen LogP contribution in [0.25, 0.3) is 0 Å². The Morgan fingerprint density at radius 3 is 2.77 bits per heavy atom. The lowest BCUT2D eigenvalue weighted by molar-refractivity contribution is -0.115. The van der Waals surface area contributed by atoms with Crippen molar-refractivity contribution in [1.29, 1.82) is 0 Å². The summed E-state index contributed by atoms with van der Waals surface area (Å²) >= 11 is 5.72. The second kappa shape index (κ2) is 7.00. The monoisotopic (exact) mass is 399 g/mol. The minimum absolute atomic E-state index is 0.0644. The van der Waals surface area contributed by atoms with Gasteiger partial charge in [0, 0.05) is 16.9 Å². The van der Waals surface area contributed by atoms with Crippen LogP contribution in [0.3, 0.4) is 0 Å². The van der Waals surface area contributed by atoms with Gasteiger partial charge in [-0.3, -0.25) is 9.48 Å². The van der Waals surface area contributed by atoms with E-state index in [1.807, 2.05) is 6.92 Å². The van der Waals surface area contributed by atoms with Crippen molar-refractivity contribution >= 4 is 33.0 Å². The highest BCUT2D eigenvalue weighted by Crippen LogP contribution is 2.27. The van der Waals surface area contributed by atoms with Crippen molar-refractivity contribution in [3.8, 4) is 0 Å². The number of sulfone groups is 1.